The van der Waals surface area contributed by atoms with E-state index in [4.69, 9.17) is 10.2 Å². The number of hydrogen-bond acceptors (Lipinski definition) is 2. The molecule has 0 bridgehead atoms. The van der Waals surface area contributed by atoms with Gasteiger partial charge in [-0.05, 0) is 37.8 Å². The van der Waals surface area contributed by atoms with Crippen molar-refractivity contribution >= 4 is 0 Å². The molecule has 1 fully saturated rings. The average molecular weight is 193 g/mol. The zero-order chi connectivity index (χ0) is 9.97. The summed E-state index contributed by atoms with van der Waals surface area (Å²) in [6, 6.07) is 4.14. The van der Waals surface area contributed by atoms with Crippen LogP contribution in [0.1, 0.15) is 49.7 Å². The van der Waals surface area contributed by atoms with Gasteiger partial charge in [-0.25, -0.2) is 0 Å². The number of aryl methyl sites for hydroxylation is 1. The highest BCUT2D eigenvalue weighted by molar-refractivity contribution is 5.10. The van der Waals surface area contributed by atoms with Crippen LogP contribution < -0.4 is 5.73 Å². The summed E-state index contributed by atoms with van der Waals surface area (Å²) in [4.78, 5) is 0. The van der Waals surface area contributed by atoms with Gasteiger partial charge >= 0.3 is 0 Å². The van der Waals surface area contributed by atoms with Gasteiger partial charge in [-0.2, -0.15) is 0 Å². The molecule has 1 atom stereocenters. The molecule has 0 aliphatic heterocycles. The molecule has 1 aromatic heterocycles. The Hall–Kier alpha value is -0.760. The maximum absolute atomic E-state index is 6.19. The highest BCUT2D eigenvalue weighted by Gasteiger charge is 2.23. The summed E-state index contributed by atoms with van der Waals surface area (Å²) in [5.41, 5.74) is 6.19. The first kappa shape index (κ1) is 9.78. The lowest BCUT2D eigenvalue weighted by Gasteiger charge is -2.25. The highest BCUT2D eigenvalue weighted by Crippen LogP contribution is 2.33. The molecule has 0 spiro atoms. The second kappa shape index (κ2) is 4.18. The second-order valence-corrected chi connectivity index (χ2v) is 4.37. The van der Waals surface area contributed by atoms with Crippen LogP contribution in [0.2, 0.25) is 0 Å². The topological polar surface area (TPSA) is 39.2 Å². The molecule has 2 nitrogen and oxygen atoms in total. The van der Waals surface area contributed by atoms with Crippen LogP contribution in [0.5, 0.6) is 0 Å². The Morgan fingerprint density at radius 3 is 2.57 bits per heavy atom. The fourth-order valence-corrected chi connectivity index (χ4v) is 2.36. The van der Waals surface area contributed by atoms with Crippen LogP contribution in [0.3, 0.4) is 0 Å². The van der Waals surface area contributed by atoms with Gasteiger partial charge in [0.2, 0.25) is 0 Å². The van der Waals surface area contributed by atoms with Crippen LogP contribution in [-0.4, -0.2) is 0 Å². The van der Waals surface area contributed by atoms with Gasteiger partial charge in [0.1, 0.15) is 11.5 Å². The van der Waals surface area contributed by atoms with Crippen molar-refractivity contribution in [3.8, 4) is 0 Å². The molecule has 0 radical (unpaired) electrons. The van der Waals surface area contributed by atoms with Gasteiger partial charge in [-0.15, -0.1) is 0 Å². The molecule has 1 aromatic rings. The van der Waals surface area contributed by atoms with Gasteiger partial charge in [0.15, 0.2) is 0 Å². The molecule has 1 aliphatic carbocycles. The molecule has 1 aliphatic rings. The van der Waals surface area contributed by atoms with E-state index >= 15 is 0 Å². The number of furan rings is 1. The Morgan fingerprint density at radius 2 is 2.00 bits per heavy atom. The van der Waals surface area contributed by atoms with Gasteiger partial charge in [0.05, 0.1) is 6.04 Å². The van der Waals surface area contributed by atoms with Crippen molar-refractivity contribution in [2.75, 3.05) is 0 Å². The van der Waals surface area contributed by atoms with E-state index in [1.807, 2.05) is 19.1 Å². The molecular weight excluding hydrogens is 174 g/mol. The standard InChI is InChI=1S/C12H19NO/c1-9-7-8-11(14-9)12(13)10-5-3-2-4-6-10/h7-8,10,12H,2-6,13H2,1H3/t12-/m1/s1. The van der Waals surface area contributed by atoms with Crippen LogP contribution in [0.25, 0.3) is 0 Å². The minimum atomic E-state index is 0.115. The largest absolute Gasteiger partial charge is 0.465 e. The molecule has 1 heterocycles. The lowest BCUT2D eigenvalue weighted by molar-refractivity contribution is 0.278. The smallest absolute Gasteiger partial charge is 0.121 e. The van der Waals surface area contributed by atoms with Crippen LogP contribution in [-0.2, 0) is 0 Å². The van der Waals surface area contributed by atoms with E-state index in [1.54, 1.807) is 0 Å². The molecule has 1 saturated carbocycles. The fourth-order valence-electron chi connectivity index (χ4n) is 2.36. The van der Waals surface area contributed by atoms with E-state index in [-0.39, 0.29) is 6.04 Å². The van der Waals surface area contributed by atoms with Gasteiger partial charge in [0.25, 0.3) is 0 Å². The summed E-state index contributed by atoms with van der Waals surface area (Å²) in [5, 5.41) is 0. The zero-order valence-electron chi connectivity index (χ0n) is 8.83. The third-order valence-electron chi connectivity index (χ3n) is 3.25. The van der Waals surface area contributed by atoms with Crippen molar-refractivity contribution in [1.82, 2.24) is 0 Å². The molecule has 0 saturated heterocycles. The van der Waals surface area contributed by atoms with Crippen LogP contribution in [0.15, 0.2) is 16.5 Å². The van der Waals surface area contributed by atoms with Crippen molar-refractivity contribution in [1.29, 1.82) is 0 Å². The summed E-state index contributed by atoms with van der Waals surface area (Å²) in [5.74, 6) is 2.56. The van der Waals surface area contributed by atoms with Gasteiger partial charge in [-0.1, -0.05) is 19.3 Å². The zero-order valence-corrected chi connectivity index (χ0v) is 8.83. The van der Waals surface area contributed by atoms with E-state index in [0.717, 1.165) is 11.5 Å². The summed E-state index contributed by atoms with van der Waals surface area (Å²) < 4.78 is 5.57. The van der Waals surface area contributed by atoms with E-state index in [9.17, 15) is 0 Å². The van der Waals surface area contributed by atoms with Gasteiger partial charge < -0.3 is 10.2 Å². The lowest BCUT2D eigenvalue weighted by Crippen LogP contribution is -2.22. The minimum absolute atomic E-state index is 0.115. The molecular formula is C12H19NO. The molecule has 2 rings (SSSR count). The molecule has 14 heavy (non-hydrogen) atoms. The molecule has 78 valence electrons. The minimum Gasteiger partial charge on any atom is -0.465 e. The Labute approximate surface area is 85.5 Å². The first-order valence-corrected chi connectivity index (χ1v) is 5.59. The Morgan fingerprint density at radius 1 is 1.29 bits per heavy atom. The van der Waals surface area contributed by atoms with Crippen molar-refractivity contribution < 1.29 is 4.42 Å². The average Bonchev–Trinajstić information content (AvgIpc) is 2.65. The maximum Gasteiger partial charge on any atom is 0.121 e. The summed E-state index contributed by atoms with van der Waals surface area (Å²) in [6.45, 7) is 1.97. The fraction of sp³-hybridized carbons (Fsp3) is 0.667. The monoisotopic (exact) mass is 193 g/mol. The first-order valence-electron chi connectivity index (χ1n) is 5.59. The number of nitrogens with two attached hydrogens (primary N) is 1. The van der Waals surface area contributed by atoms with E-state index in [0.29, 0.717) is 5.92 Å². The van der Waals surface area contributed by atoms with Gasteiger partial charge in [0, 0.05) is 0 Å². The first-order chi connectivity index (χ1) is 6.77. The quantitative estimate of drug-likeness (QED) is 0.783. The Kier molecular flexibility index (Phi) is 2.92. The van der Waals surface area contributed by atoms with Crippen LogP contribution in [0.4, 0.5) is 0 Å². The third kappa shape index (κ3) is 2.01. The third-order valence-corrected chi connectivity index (χ3v) is 3.25. The van der Waals surface area contributed by atoms with E-state index in [2.05, 4.69) is 0 Å². The highest BCUT2D eigenvalue weighted by atomic mass is 16.3. The number of hydrogen-bond donors (Lipinski definition) is 1. The summed E-state index contributed by atoms with van der Waals surface area (Å²) >= 11 is 0. The summed E-state index contributed by atoms with van der Waals surface area (Å²) in [6.07, 6.45) is 6.57. The summed E-state index contributed by atoms with van der Waals surface area (Å²) in [7, 11) is 0. The maximum atomic E-state index is 6.19. The normalized spacial score (nSPS) is 21.0. The number of rotatable bonds is 2. The predicted octanol–water partition coefficient (Wildman–Crippen LogP) is 3.17. The van der Waals surface area contributed by atoms with Crippen molar-refractivity contribution in [3.05, 3.63) is 23.7 Å². The van der Waals surface area contributed by atoms with Crippen molar-refractivity contribution in [2.24, 2.45) is 11.7 Å². The molecule has 0 aromatic carbocycles. The van der Waals surface area contributed by atoms with E-state index in [1.165, 1.54) is 32.1 Å². The van der Waals surface area contributed by atoms with Crippen LogP contribution >= 0.6 is 0 Å². The Balaban J connectivity index is 2.03. The Bertz CT molecular complexity index is 286. The molecule has 0 amide bonds. The molecule has 2 N–H and O–H groups in total. The van der Waals surface area contributed by atoms with Crippen molar-refractivity contribution in [2.45, 2.75) is 45.1 Å². The van der Waals surface area contributed by atoms with Crippen molar-refractivity contribution in [3.63, 3.8) is 0 Å². The second-order valence-electron chi connectivity index (χ2n) is 4.37. The SMILES string of the molecule is Cc1ccc([C@H](N)C2CCCCC2)o1. The van der Waals surface area contributed by atoms with E-state index < -0.39 is 0 Å². The molecule has 2 heteroatoms. The van der Waals surface area contributed by atoms with Gasteiger partial charge in [-0.3, -0.25) is 0 Å². The van der Waals surface area contributed by atoms with Crippen LogP contribution in [0, 0.1) is 12.8 Å². The predicted molar refractivity (Wildman–Crippen MR) is 56.9 cm³/mol. The lowest BCUT2D eigenvalue weighted by atomic mass is 9.83. The molecule has 0 unspecified atom stereocenters.